The van der Waals surface area contributed by atoms with Crippen molar-refractivity contribution in [3.63, 3.8) is 0 Å². The molecule has 0 saturated carbocycles. The Labute approximate surface area is 69.1 Å². The summed E-state index contributed by atoms with van der Waals surface area (Å²) in [5.41, 5.74) is 11.0. The third kappa shape index (κ3) is 3.30. The number of hydrogen-bond acceptors (Lipinski definition) is 4. The molecule has 0 amide bonds. The highest BCUT2D eigenvalue weighted by Crippen LogP contribution is 2.09. The zero-order valence-electron chi connectivity index (χ0n) is 7.30. The number of nitrogens with two attached hydrogens (primary N) is 2. The molecule has 1 atom stereocenters. The lowest BCUT2D eigenvalue weighted by atomic mass is 10.8. The average Bonchev–Trinajstić information content (AvgIpc) is 2.04. The molecule has 0 bridgehead atoms. The summed E-state index contributed by atoms with van der Waals surface area (Å²) < 4.78 is 10.8. The molecule has 68 valence electrons. The Morgan fingerprint density at radius 3 is 2.27 bits per heavy atom. The van der Waals surface area contributed by atoms with Crippen molar-refractivity contribution in [1.82, 2.24) is 0 Å². The van der Waals surface area contributed by atoms with Gasteiger partial charge in [-0.1, -0.05) is 0 Å². The Balaban J connectivity index is 3.96. The fourth-order valence-corrected chi connectivity index (χ4v) is 2.88. The van der Waals surface area contributed by atoms with Crippen LogP contribution in [0.1, 0.15) is 6.92 Å². The molecule has 11 heavy (non-hydrogen) atoms. The summed E-state index contributed by atoms with van der Waals surface area (Å²) in [5, 5.41) is 0. The van der Waals surface area contributed by atoms with Crippen molar-refractivity contribution in [3.05, 3.63) is 0 Å². The van der Waals surface area contributed by atoms with Crippen LogP contribution in [0.25, 0.3) is 0 Å². The molecule has 0 aliphatic heterocycles. The molecule has 0 aliphatic rings. The van der Waals surface area contributed by atoms with E-state index in [-0.39, 0.29) is 0 Å². The predicted octanol–water partition coefficient (Wildman–Crippen LogP) is -0.432. The van der Waals surface area contributed by atoms with E-state index in [1.165, 1.54) is 0 Å². The van der Waals surface area contributed by atoms with E-state index in [0.29, 0.717) is 19.3 Å². The lowest BCUT2D eigenvalue weighted by Gasteiger charge is -2.26. The second kappa shape index (κ2) is 5.67. The first-order valence-electron chi connectivity index (χ1n) is 3.84. The van der Waals surface area contributed by atoms with Crippen LogP contribution in [0.2, 0.25) is 6.04 Å². The first-order valence-corrected chi connectivity index (χ1v) is 6.07. The molecule has 0 rings (SSSR count). The van der Waals surface area contributed by atoms with Gasteiger partial charge in [-0.15, -0.1) is 0 Å². The molecule has 0 fully saturated rings. The third-order valence-electron chi connectivity index (χ3n) is 1.62. The van der Waals surface area contributed by atoms with Gasteiger partial charge in [-0.25, -0.2) is 0 Å². The van der Waals surface area contributed by atoms with Gasteiger partial charge < -0.3 is 20.3 Å². The smallest absolute Gasteiger partial charge is 0.353 e. The minimum absolute atomic E-state index is 0.481. The fourth-order valence-electron chi connectivity index (χ4n) is 0.960. The Hall–Kier alpha value is 0.0569. The van der Waals surface area contributed by atoms with Crippen LogP contribution in [0.4, 0.5) is 0 Å². The van der Waals surface area contributed by atoms with E-state index in [4.69, 9.17) is 20.3 Å². The van der Waals surface area contributed by atoms with Gasteiger partial charge in [0, 0.05) is 25.9 Å². The minimum atomic E-state index is -2.09. The Bertz CT molecular complexity index is 90.6. The van der Waals surface area contributed by atoms with Gasteiger partial charge in [0.1, 0.15) is 0 Å². The van der Waals surface area contributed by atoms with Crippen molar-refractivity contribution in [3.8, 4) is 0 Å². The van der Waals surface area contributed by atoms with Crippen LogP contribution in [0, 0.1) is 0 Å². The molecule has 1 unspecified atom stereocenters. The summed E-state index contributed by atoms with van der Waals surface area (Å²) in [4.78, 5) is 0. The van der Waals surface area contributed by atoms with Gasteiger partial charge >= 0.3 is 8.56 Å². The molecule has 0 spiro atoms. The van der Waals surface area contributed by atoms with E-state index in [1.54, 1.807) is 7.11 Å². The highest BCUT2D eigenvalue weighted by Gasteiger charge is 2.33. The Morgan fingerprint density at radius 2 is 2.00 bits per heavy atom. The van der Waals surface area contributed by atoms with E-state index < -0.39 is 8.56 Å². The molecule has 5 heteroatoms. The molecule has 0 heterocycles. The zero-order chi connectivity index (χ0) is 8.74. The normalized spacial score (nSPS) is 16.4. The van der Waals surface area contributed by atoms with Crippen LogP contribution < -0.4 is 11.5 Å². The maximum Gasteiger partial charge on any atom is 0.353 e. The van der Waals surface area contributed by atoms with Crippen LogP contribution in [0.5, 0.6) is 0 Å². The van der Waals surface area contributed by atoms with E-state index in [2.05, 4.69) is 0 Å². The second-order valence-corrected chi connectivity index (χ2v) is 5.72. The molecular weight excluding hydrogens is 160 g/mol. The van der Waals surface area contributed by atoms with Crippen LogP contribution in [0.15, 0.2) is 0 Å². The van der Waals surface area contributed by atoms with Gasteiger partial charge in [0.05, 0.1) is 0 Å². The number of rotatable bonds is 6. The van der Waals surface area contributed by atoms with Crippen molar-refractivity contribution in [2.24, 2.45) is 11.5 Å². The van der Waals surface area contributed by atoms with Gasteiger partial charge in [-0.05, 0) is 13.5 Å². The van der Waals surface area contributed by atoms with Crippen molar-refractivity contribution in [2.75, 3.05) is 26.4 Å². The topological polar surface area (TPSA) is 70.5 Å². The molecule has 0 saturated heterocycles. The van der Waals surface area contributed by atoms with Crippen molar-refractivity contribution in [2.45, 2.75) is 13.0 Å². The first-order chi connectivity index (χ1) is 5.24. The van der Waals surface area contributed by atoms with Crippen LogP contribution in [-0.2, 0) is 8.85 Å². The quantitative estimate of drug-likeness (QED) is 0.541. The highest BCUT2D eigenvalue weighted by molar-refractivity contribution is 6.67. The van der Waals surface area contributed by atoms with Gasteiger partial charge in [-0.2, -0.15) is 0 Å². The van der Waals surface area contributed by atoms with E-state index in [9.17, 15) is 0 Å². The molecule has 0 aliphatic carbocycles. The van der Waals surface area contributed by atoms with Crippen molar-refractivity contribution < 1.29 is 8.85 Å². The summed E-state index contributed by atoms with van der Waals surface area (Å²) in [6.07, 6.45) is 0.481. The Kier molecular flexibility index (Phi) is 5.70. The molecule has 4 nitrogen and oxygen atoms in total. The summed E-state index contributed by atoms with van der Waals surface area (Å²) in [6.45, 7) is 3.17. The summed E-state index contributed by atoms with van der Waals surface area (Å²) >= 11 is 0. The molecule has 0 aromatic carbocycles. The fraction of sp³-hybridized carbons (Fsp3) is 1.00. The lowest BCUT2D eigenvalue weighted by molar-refractivity contribution is 0.210. The second-order valence-electron chi connectivity index (χ2n) is 2.29. The standard InChI is InChI=1S/C6H18N2O2Si/c1-3-10-11(6-8,9-2)5-4-7/h3-8H2,1-2H3. The summed E-state index contributed by atoms with van der Waals surface area (Å²) in [6, 6.07) is 0.772. The van der Waals surface area contributed by atoms with Gasteiger partial charge in [0.2, 0.25) is 0 Å². The Morgan fingerprint density at radius 1 is 1.36 bits per heavy atom. The van der Waals surface area contributed by atoms with Gasteiger partial charge in [0.25, 0.3) is 0 Å². The summed E-state index contributed by atoms with van der Waals surface area (Å²) in [7, 11) is -0.447. The SMILES string of the molecule is CCO[Si](CN)(CCN)OC. The molecule has 0 radical (unpaired) electrons. The van der Waals surface area contributed by atoms with E-state index in [1.807, 2.05) is 6.92 Å². The first kappa shape index (κ1) is 11.1. The van der Waals surface area contributed by atoms with Crippen LogP contribution in [0.3, 0.4) is 0 Å². The monoisotopic (exact) mass is 178 g/mol. The minimum Gasteiger partial charge on any atom is -0.397 e. The van der Waals surface area contributed by atoms with E-state index >= 15 is 0 Å². The van der Waals surface area contributed by atoms with Gasteiger partial charge in [-0.3, -0.25) is 0 Å². The van der Waals surface area contributed by atoms with Gasteiger partial charge in [0.15, 0.2) is 0 Å². The largest absolute Gasteiger partial charge is 0.397 e. The van der Waals surface area contributed by atoms with Crippen LogP contribution >= 0.6 is 0 Å². The molecule has 4 N–H and O–H groups in total. The number of hydrogen-bond donors (Lipinski definition) is 2. The molecule has 0 aromatic heterocycles. The molecular formula is C6H18N2O2Si. The molecule has 0 aromatic rings. The lowest BCUT2D eigenvalue weighted by Crippen LogP contribution is -2.50. The van der Waals surface area contributed by atoms with E-state index in [0.717, 1.165) is 6.04 Å². The van der Waals surface area contributed by atoms with Crippen molar-refractivity contribution in [1.29, 1.82) is 0 Å². The van der Waals surface area contributed by atoms with Crippen molar-refractivity contribution >= 4 is 8.56 Å². The average molecular weight is 178 g/mol. The maximum atomic E-state index is 5.55. The third-order valence-corrected chi connectivity index (χ3v) is 4.85. The summed E-state index contributed by atoms with van der Waals surface area (Å²) in [5.74, 6) is 0. The highest BCUT2D eigenvalue weighted by atomic mass is 28.4. The predicted molar refractivity (Wildman–Crippen MR) is 47.3 cm³/mol. The van der Waals surface area contributed by atoms with Crippen LogP contribution in [-0.4, -0.2) is 35.0 Å². The zero-order valence-corrected chi connectivity index (χ0v) is 8.30. The maximum absolute atomic E-state index is 5.55.